The molecule has 5 heteroatoms. The van der Waals surface area contributed by atoms with E-state index in [9.17, 15) is 9.59 Å². The van der Waals surface area contributed by atoms with Crippen LogP contribution in [-0.4, -0.2) is 16.3 Å². The van der Waals surface area contributed by atoms with E-state index in [-0.39, 0.29) is 17.1 Å². The van der Waals surface area contributed by atoms with Crippen LogP contribution in [-0.2, 0) is 11.8 Å². The van der Waals surface area contributed by atoms with Gasteiger partial charge in [0.25, 0.3) is 0 Å². The molecule has 4 aliphatic carbocycles. The fourth-order valence-corrected chi connectivity index (χ4v) is 7.05. The maximum absolute atomic E-state index is 13.3. The highest BCUT2D eigenvalue weighted by molar-refractivity contribution is 6.33. The first-order valence-electron chi connectivity index (χ1n) is 10.6. The monoisotopic (exact) mass is 410 g/mol. The van der Waals surface area contributed by atoms with Crippen LogP contribution in [0.4, 0.5) is 0 Å². The number of hydrogen-bond donors (Lipinski definition) is 1. The summed E-state index contributed by atoms with van der Waals surface area (Å²) >= 11 is 6.36. The number of benzene rings is 1. The maximum Gasteiger partial charge on any atom is 0.223 e. The molecule has 4 saturated carbocycles. The lowest BCUT2D eigenvalue weighted by molar-refractivity contribution is -0.149. The smallest absolute Gasteiger partial charge is 0.223 e. The lowest BCUT2D eigenvalue weighted by atomic mass is 9.45. The van der Waals surface area contributed by atoms with Crippen LogP contribution in [0.2, 0.25) is 5.02 Å². The van der Waals surface area contributed by atoms with E-state index < -0.39 is 0 Å². The zero-order chi connectivity index (χ0) is 20.3. The molecule has 1 amide bonds. The van der Waals surface area contributed by atoms with Crippen LogP contribution >= 0.6 is 11.6 Å². The van der Waals surface area contributed by atoms with Crippen LogP contribution in [0.15, 0.2) is 36.4 Å². The number of ketones is 1. The van der Waals surface area contributed by atoms with Crippen molar-refractivity contribution in [2.75, 3.05) is 0 Å². The molecule has 2 atom stereocenters. The molecular formula is C24H27ClN2O2. The SMILES string of the molecule is Cn1c(C(=O)CC2C3CC4CC2CC(C(N)=O)(C4)C3)ccc1-c1ccccc1Cl. The number of nitrogens with two attached hydrogens (primary N) is 1. The van der Waals surface area contributed by atoms with Crippen LogP contribution in [0.3, 0.4) is 0 Å². The van der Waals surface area contributed by atoms with E-state index in [1.54, 1.807) is 0 Å². The van der Waals surface area contributed by atoms with E-state index in [1.807, 2.05) is 48.0 Å². The van der Waals surface area contributed by atoms with Crippen molar-refractivity contribution in [3.05, 3.63) is 47.1 Å². The van der Waals surface area contributed by atoms with Crippen molar-refractivity contribution in [2.45, 2.75) is 38.5 Å². The number of primary amides is 1. The largest absolute Gasteiger partial charge is 0.369 e. The molecule has 6 rings (SSSR count). The Morgan fingerprint density at radius 3 is 2.45 bits per heavy atom. The van der Waals surface area contributed by atoms with E-state index in [4.69, 9.17) is 17.3 Å². The minimum atomic E-state index is -0.293. The fourth-order valence-electron chi connectivity index (χ4n) is 6.81. The third kappa shape index (κ3) is 2.95. The summed E-state index contributed by atoms with van der Waals surface area (Å²) in [4.78, 5) is 25.4. The van der Waals surface area contributed by atoms with Crippen molar-refractivity contribution >= 4 is 23.3 Å². The average molecular weight is 411 g/mol. The first kappa shape index (κ1) is 18.9. The zero-order valence-electron chi connectivity index (χ0n) is 16.7. The first-order chi connectivity index (χ1) is 13.9. The van der Waals surface area contributed by atoms with Gasteiger partial charge in [-0.05, 0) is 74.0 Å². The summed E-state index contributed by atoms with van der Waals surface area (Å²) in [6.07, 6.45) is 5.60. The molecule has 1 aromatic carbocycles. The van der Waals surface area contributed by atoms with Crippen molar-refractivity contribution in [1.82, 2.24) is 4.57 Å². The highest BCUT2D eigenvalue weighted by atomic mass is 35.5. The molecule has 0 saturated heterocycles. The van der Waals surface area contributed by atoms with Crippen molar-refractivity contribution in [3.8, 4) is 11.3 Å². The first-order valence-corrected chi connectivity index (χ1v) is 11.0. The summed E-state index contributed by atoms with van der Waals surface area (Å²) in [6.45, 7) is 0. The van der Waals surface area contributed by atoms with Crippen molar-refractivity contribution < 1.29 is 9.59 Å². The maximum atomic E-state index is 13.3. The van der Waals surface area contributed by atoms with Crippen LogP contribution in [0.1, 0.15) is 49.0 Å². The van der Waals surface area contributed by atoms with Gasteiger partial charge in [-0.15, -0.1) is 0 Å². The topological polar surface area (TPSA) is 65.1 Å². The number of carbonyl (C=O) groups excluding carboxylic acids is 2. The molecule has 2 unspecified atom stereocenters. The molecule has 4 aliphatic rings. The van der Waals surface area contributed by atoms with E-state index in [1.165, 1.54) is 0 Å². The van der Waals surface area contributed by atoms with E-state index in [0.29, 0.717) is 35.1 Å². The molecule has 2 aromatic rings. The average Bonchev–Trinajstić information content (AvgIpc) is 3.05. The van der Waals surface area contributed by atoms with Gasteiger partial charge >= 0.3 is 0 Å². The Balaban J connectivity index is 1.37. The van der Waals surface area contributed by atoms with Gasteiger partial charge in [0.15, 0.2) is 5.78 Å². The number of hydrogen-bond acceptors (Lipinski definition) is 2. The second kappa shape index (κ2) is 6.73. The van der Waals surface area contributed by atoms with Gasteiger partial charge in [0.2, 0.25) is 5.91 Å². The van der Waals surface area contributed by atoms with Crippen LogP contribution in [0.25, 0.3) is 11.3 Å². The Hall–Kier alpha value is -2.07. The number of Topliss-reactive ketones (excluding diaryl/α,β-unsaturated/α-hetero) is 1. The lowest BCUT2D eigenvalue weighted by Gasteiger charge is -2.59. The van der Waals surface area contributed by atoms with Gasteiger partial charge in [-0.2, -0.15) is 0 Å². The number of aromatic nitrogens is 1. The number of nitrogens with zero attached hydrogens (tertiary/aromatic N) is 1. The summed E-state index contributed by atoms with van der Waals surface area (Å²) in [6, 6.07) is 11.6. The summed E-state index contributed by atoms with van der Waals surface area (Å²) in [5.41, 5.74) is 8.13. The van der Waals surface area contributed by atoms with E-state index >= 15 is 0 Å². The Morgan fingerprint density at radius 1 is 1.10 bits per heavy atom. The molecule has 0 radical (unpaired) electrons. The number of rotatable bonds is 5. The van der Waals surface area contributed by atoms with Gasteiger partial charge in [0, 0.05) is 35.2 Å². The minimum absolute atomic E-state index is 0.117. The summed E-state index contributed by atoms with van der Waals surface area (Å²) in [5, 5.41) is 0.686. The molecule has 1 aromatic heterocycles. The molecule has 29 heavy (non-hydrogen) atoms. The van der Waals surface area contributed by atoms with E-state index in [2.05, 4.69) is 0 Å². The van der Waals surface area contributed by atoms with Crippen molar-refractivity contribution in [3.63, 3.8) is 0 Å². The number of halogens is 1. The Kier molecular flexibility index (Phi) is 4.39. The van der Waals surface area contributed by atoms with Gasteiger partial charge in [-0.3, -0.25) is 9.59 Å². The highest BCUT2D eigenvalue weighted by Crippen LogP contribution is 2.62. The summed E-state index contributed by atoms with van der Waals surface area (Å²) in [7, 11) is 1.94. The molecule has 4 bridgehead atoms. The highest BCUT2D eigenvalue weighted by Gasteiger charge is 2.57. The van der Waals surface area contributed by atoms with Gasteiger partial charge in [0.05, 0.1) is 5.69 Å². The molecule has 0 aliphatic heterocycles. The lowest BCUT2D eigenvalue weighted by Crippen LogP contribution is -2.56. The summed E-state index contributed by atoms with van der Waals surface area (Å²) < 4.78 is 1.96. The molecule has 4 fully saturated rings. The minimum Gasteiger partial charge on any atom is -0.369 e. The summed E-state index contributed by atoms with van der Waals surface area (Å²) in [5.74, 6) is 1.99. The van der Waals surface area contributed by atoms with Crippen LogP contribution in [0.5, 0.6) is 0 Å². The Bertz CT molecular complexity index is 979. The molecular weight excluding hydrogens is 384 g/mol. The predicted molar refractivity (Wildman–Crippen MR) is 113 cm³/mol. The van der Waals surface area contributed by atoms with Crippen molar-refractivity contribution in [2.24, 2.45) is 41.9 Å². The third-order valence-electron chi connectivity index (χ3n) is 7.97. The molecule has 2 N–H and O–H groups in total. The normalized spacial score (nSPS) is 32.5. The van der Waals surface area contributed by atoms with Crippen LogP contribution < -0.4 is 5.73 Å². The van der Waals surface area contributed by atoms with Gasteiger partial charge in [-0.1, -0.05) is 29.8 Å². The zero-order valence-corrected chi connectivity index (χ0v) is 17.5. The second-order valence-corrected chi connectivity index (χ2v) is 9.96. The molecule has 1 heterocycles. The molecule has 0 spiro atoms. The quantitative estimate of drug-likeness (QED) is 0.716. The van der Waals surface area contributed by atoms with Gasteiger partial charge in [-0.25, -0.2) is 0 Å². The van der Waals surface area contributed by atoms with E-state index in [0.717, 1.165) is 49.1 Å². The number of amides is 1. The second-order valence-electron chi connectivity index (χ2n) is 9.55. The predicted octanol–water partition coefficient (Wildman–Crippen LogP) is 4.85. The molecule has 4 nitrogen and oxygen atoms in total. The number of carbonyl (C=O) groups is 2. The van der Waals surface area contributed by atoms with Gasteiger partial charge < -0.3 is 10.3 Å². The third-order valence-corrected chi connectivity index (χ3v) is 8.30. The van der Waals surface area contributed by atoms with Crippen molar-refractivity contribution in [1.29, 1.82) is 0 Å². The Morgan fingerprint density at radius 2 is 1.79 bits per heavy atom. The fraction of sp³-hybridized carbons (Fsp3) is 0.500. The standard InChI is InChI=1S/C24H27ClN2O2/c1-27-20(17-4-2-3-5-19(17)25)6-7-21(27)22(28)10-18-15-8-14-9-16(18)13-24(11-14,12-15)23(26)29/h2-7,14-16,18H,8-13H2,1H3,(H2,26,29). The molecule has 152 valence electrons. The van der Waals surface area contributed by atoms with Gasteiger partial charge in [0.1, 0.15) is 0 Å². The Labute approximate surface area is 176 Å². The van der Waals surface area contributed by atoms with Crippen LogP contribution in [0, 0.1) is 29.1 Å².